The summed E-state index contributed by atoms with van der Waals surface area (Å²) in [5.41, 5.74) is 1.91. The Morgan fingerprint density at radius 1 is 1.24 bits per heavy atom. The first-order valence-corrected chi connectivity index (χ1v) is 9.30. The van der Waals surface area contributed by atoms with Crippen LogP contribution in [0.1, 0.15) is 16.3 Å². The monoisotopic (exact) mass is 417 g/mol. The van der Waals surface area contributed by atoms with Crippen molar-refractivity contribution in [2.45, 2.75) is 20.0 Å². The van der Waals surface area contributed by atoms with Crippen molar-refractivity contribution >= 4 is 39.0 Å². The van der Waals surface area contributed by atoms with Crippen molar-refractivity contribution in [3.8, 4) is 5.75 Å². The lowest BCUT2D eigenvalue weighted by Crippen LogP contribution is -2.15. The molecule has 25 heavy (non-hydrogen) atoms. The number of carbonyl (C=O) groups is 1. The number of nitrogens with zero attached hydrogens (tertiary/aromatic N) is 2. The number of thiazole rings is 1. The maximum Gasteiger partial charge on any atom is 0.231 e. The highest BCUT2D eigenvalue weighted by atomic mass is 79.9. The van der Waals surface area contributed by atoms with E-state index in [1.165, 1.54) is 16.9 Å². The molecule has 0 atom stereocenters. The average Bonchev–Trinajstić information content (AvgIpc) is 3.04. The second-order valence-electron chi connectivity index (χ2n) is 5.42. The van der Waals surface area contributed by atoms with Gasteiger partial charge in [0, 0.05) is 16.0 Å². The summed E-state index contributed by atoms with van der Waals surface area (Å²) in [6.45, 7) is 2.43. The molecule has 1 aromatic carbocycles. The van der Waals surface area contributed by atoms with Gasteiger partial charge in [-0.25, -0.2) is 9.97 Å². The third-order valence-corrected chi connectivity index (χ3v) is 4.66. The van der Waals surface area contributed by atoms with E-state index in [1.54, 1.807) is 12.3 Å². The Kier molecular flexibility index (Phi) is 5.78. The number of pyridine rings is 1. The Morgan fingerprint density at radius 3 is 2.76 bits per heavy atom. The van der Waals surface area contributed by atoms with Crippen LogP contribution in [0, 0.1) is 6.92 Å². The number of carbonyl (C=O) groups excluding carboxylic acids is 1. The SMILES string of the molecule is Cc1ccc(OCc2nc(CC(=O)Nc3ccc(Br)cn3)cs2)cc1. The van der Waals surface area contributed by atoms with Crippen molar-refractivity contribution in [1.29, 1.82) is 0 Å². The highest BCUT2D eigenvalue weighted by Crippen LogP contribution is 2.17. The molecular weight excluding hydrogens is 402 g/mol. The molecule has 0 aliphatic rings. The van der Waals surface area contributed by atoms with Crippen molar-refractivity contribution in [3.63, 3.8) is 0 Å². The van der Waals surface area contributed by atoms with Crippen LogP contribution in [-0.4, -0.2) is 15.9 Å². The molecule has 0 unspecified atom stereocenters. The van der Waals surface area contributed by atoms with Crippen LogP contribution in [0.3, 0.4) is 0 Å². The van der Waals surface area contributed by atoms with Gasteiger partial charge in [-0.2, -0.15) is 0 Å². The van der Waals surface area contributed by atoms with E-state index in [0.29, 0.717) is 12.4 Å². The van der Waals surface area contributed by atoms with Crippen molar-refractivity contribution in [1.82, 2.24) is 9.97 Å². The van der Waals surface area contributed by atoms with Crippen LogP contribution >= 0.6 is 27.3 Å². The molecular formula is C18H16BrN3O2S. The Morgan fingerprint density at radius 2 is 2.04 bits per heavy atom. The molecule has 1 amide bonds. The van der Waals surface area contributed by atoms with E-state index in [1.807, 2.05) is 42.6 Å². The fourth-order valence-corrected chi connectivity index (χ4v) is 3.02. The van der Waals surface area contributed by atoms with Gasteiger partial charge in [0.15, 0.2) is 0 Å². The van der Waals surface area contributed by atoms with E-state index in [9.17, 15) is 4.79 Å². The third kappa shape index (κ3) is 5.37. The molecule has 0 aliphatic carbocycles. The number of aromatic nitrogens is 2. The molecule has 1 N–H and O–H groups in total. The van der Waals surface area contributed by atoms with Crippen molar-refractivity contribution < 1.29 is 9.53 Å². The van der Waals surface area contributed by atoms with Gasteiger partial charge in [0.2, 0.25) is 5.91 Å². The Hall–Kier alpha value is -2.25. The fraction of sp³-hybridized carbons (Fsp3) is 0.167. The molecule has 3 aromatic rings. The normalized spacial score (nSPS) is 10.5. The number of nitrogens with one attached hydrogen (secondary N) is 1. The molecule has 128 valence electrons. The topological polar surface area (TPSA) is 64.1 Å². The van der Waals surface area contributed by atoms with Crippen LogP contribution in [0.2, 0.25) is 0 Å². The maximum atomic E-state index is 12.1. The van der Waals surface area contributed by atoms with E-state index in [-0.39, 0.29) is 12.3 Å². The molecule has 2 aromatic heterocycles. The molecule has 7 heteroatoms. The average molecular weight is 418 g/mol. The molecule has 0 radical (unpaired) electrons. The number of aryl methyl sites for hydroxylation is 1. The Labute approximate surface area is 158 Å². The van der Waals surface area contributed by atoms with Gasteiger partial charge in [-0.1, -0.05) is 17.7 Å². The molecule has 0 spiro atoms. The largest absolute Gasteiger partial charge is 0.486 e. The summed E-state index contributed by atoms with van der Waals surface area (Å²) in [6, 6.07) is 11.4. The van der Waals surface area contributed by atoms with Gasteiger partial charge in [-0.3, -0.25) is 4.79 Å². The minimum Gasteiger partial charge on any atom is -0.486 e. The van der Waals surface area contributed by atoms with E-state index in [2.05, 4.69) is 31.2 Å². The maximum absolute atomic E-state index is 12.1. The smallest absolute Gasteiger partial charge is 0.231 e. The lowest BCUT2D eigenvalue weighted by atomic mass is 10.2. The summed E-state index contributed by atoms with van der Waals surface area (Å²) in [5.74, 6) is 1.18. The number of benzene rings is 1. The van der Waals surface area contributed by atoms with Gasteiger partial charge < -0.3 is 10.1 Å². The highest BCUT2D eigenvalue weighted by Gasteiger charge is 2.09. The number of anilines is 1. The summed E-state index contributed by atoms with van der Waals surface area (Å²) in [6.07, 6.45) is 1.84. The van der Waals surface area contributed by atoms with Gasteiger partial charge >= 0.3 is 0 Å². The summed E-state index contributed by atoms with van der Waals surface area (Å²) >= 11 is 4.79. The van der Waals surface area contributed by atoms with Crippen LogP contribution in [0.4, 0.5) is 5.82 Å². The summed E-state index contributed by atoms with van der Waals surface area (Å²) in [5, 5.41) is 5.47. The minimum atomic E-state index is -0.147. The van der Waals surface area contributed by atoms with Crippen LogP contribution in [0.15, 0.2) is 52.4 Å². The number of halogens is 1. The first-order chi connectivity index (χ1) is 12.1. The minimum absolute atomic E-state index is 0.147. The predicted octanol–water partition coefficient (Wildman–Crippen LogP) is 4.37. The van der Waals surface area contributed by atoms with E-state index in [4.69, 9.17) is 4.74 Å². The highest BCUT2D eigenvalue weighted by molar-refractivity contribution is 9.10. The van der Waals surface area contributed by atoms with Crippen molar-refractivity contribution in [3.05, 3.63) is 68.7 Å². The molecule has 0 saturated carbocycles. The molecule has 0 fully saturated rings. The van der Waals surface area contributed by atoms with E-state index in [0.717, 1.165) is 20.9 Å². The molecule has 0 saturated heterocycles. The lowest BCUT2D eigenvalue weighted by Gasteiger charge is -2.04. The molecule has 0 bridgehead atoms. The fourth-order valence-electron chi connectivity index (χ4n) is 2.08. The van der Waals surface area contributed by atoms with Crippen LogP contribution in [0.5, 0.6) is 5.75 Å². The van der Waals surface area contributed by atoms with Gasteiger partial charge in [0.05, 0.1) is 12.1 Å². The zero-order valence-corrected chi connectivity index (χ0v) is 15.9. The van der Waals surface area contributed by atoms with E-state index < -0.39 is 0 Å². The first kappa shape index (κ1) is 17.6. The molecule has 3 rings (SSSR count). The Balaban J connectivity index is 1.51. The molecule has 2 heterocycles. The molecule has 0 aliphatic heterocycles. The molecule has 5 nitrogen and oxygen atoms in total. The number of amides is 1. The van der Waals surface area contributed by atoms with Crippen LogP contribution < -0.4 is 10.1 Å². The third-order valence-electron chi connectivity index (χ3n) is 3.32. The Bertz CT molecular complexity index is 848. The number of hydrogen-bond acceptors (Lipinski definition) is 5. The summed E-state index contributed by atoms with van der Waals surface area (Å²) in [4.78, 5) is 20.6. The van der Waals surface area contributed by atoms with Crippen LogP contribution in [0.25, 0.3) is 0 Å². The van der Waals surface area contributed by atoms with Gasteiger partial charge in [0.25, 0.3) is 0 Å². The number of ether oxygens (including phenoxy) is 1. The summed E-state index contributed by atoms with van der Waals surface area (Å²) < 4.78 is 6.57. The number of rotatable bonds is 6. The second-order valence-corrected chi connectivity index (χ2v) is 7.28. The predicted molar refractivity (Wildman–Crippen MR) is 102 cm³/mol. The first-order valence-electron chi connectivity index (χ1n) is 7.62. The zero-order chi connectivity index (χ0) is 17.6. The zero-order valence-electron chi connectivity index (χ0n) is 13.5. The lowest BCUT2D eigenvalue weighted by molar-refractivity contribution is -0.115. The quantitative estimate of drug-likeness (QED) is 0.646. The van der Waals surface area contributed by atoms with Crippen LogP contribution in [-0.2, 0) is 17.8 Å². The standard InChI is InChI=1S/C18H16BrN3O2S/c1-12-2-5-15(6-3-12)24-10-18-21-14(11-25-18)8-17(23)22-16-7-4-13(19)9-20-16/h2-7,9,11H,8,10H2,1H3,(H,20,22,23). The van der Waals surface area contributed by atoms with Gasteiger partial charge in [0.1, 0.15) is 23.2 Å². The van der Waals surface area contributed by atoms with Gasteiger partial charge in [-0.05, 0) is 47.1 Å². The second kappa shape index (κ2) is 8.22. The van der Waals surface area contributed by atoms with Crippen molar-refractivity contribution in [2.75, 3.05) is 5.32 Å². The van der Waals surface area contributed by atoms with Crippen molar-refractivity contribution in [2.24, 2.45) is 0 Å². The summed E-state index contributed by atoms with van der Waals surface area (Å²) in [7, 11) is 0. The number of hydrogen-bond donors (Lipinski definition) is 1. The van der Waals surface area contributed by atoms with E-state index >= 15 is 0 Å². The van der Waals surface area contributed by atoms with Gasteiger partial charge in [-0.15, -0.1) is 11.3 Å².